The van der Waals surface area contributed by atoms with Crippen molar-refractivity contribution in [2.24, 2.45) is 17.3 Å². The minimum absolute atomic E-state index is 0.345. The van der Waals surface area contributed by atoms with E-state index in [1.807, 2.05) is 6.92 Å². The summed E-state index contributed by atoms with van der Waals surface area (Å²) < 4.78 is 24.0. The van der Waals surface area contributed by atoms with Gasteiger partial charge in [-0.2, -0.15) is 0 Å². The zero-order chi connectivity index (χ0) is 16.1. The van der Waals surface area contributed by atoms with Crippen molar-refractivity contribution in [2.45, 2.75) is 72.8 Å². The second-order valence-corrected chi connectivity index (χ2v) is 10.2. The summed E-state index contributed by atoms with van der Waals surface area (Å²) >= 11 is 0. The Morgan fingerprint density at radius 3 is 2.43 bits per heavy atom. The van der Waals surface area contributed by atoms with Crippen LogP contribution < -0.4 is 5.32 Å². The second kappa shape index (κ2) is 7.96. The van der Waals surface area contributed by atoms with E-state index < -0.39 is 9.84 Å². The predicted octanol–water partition coefficient (Wildman–Crippen LogP) is 3.64. The fraction of sp³-hybridized carbons (Fsp3) is 1.00. The molecule has 126 valence electrons. The standard InChI is InChI=1S/C17H35NO2S/c1-6-10-21(19,20)11-8-15-12-17(4,5)9-7-16(15)13-18-14(2)3/h14-16,18H,6-13H2,1-5H3. The van der Waals surface area contributed by atoms with Crippen LogP contribution in [0.4, 0.5) is 0 Å². The molecule has 1 aliphatic rings. The van der Waals surface area contributed by atoms with Gasteiger partial charge in [0.1, 0.15) is 9.84 Å². The summed E-state index contributed by atoms with van der Waals surface area (Å²) in [5, 5.41) is 3.55. The monoisotopic (exact) mass is 317 g/mol. The molecule has 21 heavy (non-hydrogen) atoms. The molecule has 0 saturated heterocycles. The minimum Gasteiger partial charge on any atom is -0.314 e. The molecule has 0 aromatic rings. The molecule has 2 atom stereocenters. The molecule has 1 fully saturated rings. The van der Waals surface area contributed by atoms with Crippen molar-refractivity contribution < 1.29 is 8.42 Å². The number of hydrogen-bond acceptors (Lipinski definition) is 3. The van der Waals surface area contributed by atoms with Crippen molar-refractivity contribution >= 4 is 9.84 Å². The number of nitrogens with one attached hydrogen (secondary N) is 1. The molecule has 0 bridgehead atoms. The zero-order valence-electron chi connectivity index (χ0n) is 14.6. The Hall–Kier alpha value is -0.0900. The summed E-state index contributed by atoms with van der Waals surface area (Å²) in [6, 6.07) is 0.504. The van der Waals surface area contributed by atoms with Gasteiger partial charge in [0.05, 0.1) is 5.75 Å². The first-order valence-corrected chi connectivity index (χ1v) is 10.4. The van der Waals surface area contributed by atoms with E-state index >= 15 is 0 Å². The van der Waals surface area contributed by atoms with E-state index in [9.17, 15) is 8.42 Å². The normalized spacial score (nSPS) is 26.2. The van der Waals surface area contributed by atoms with Gasteiger partial charge >= 0.3 is 0 Å². The maximum atomic E-state index is 12.0. The van der Waals surface area contributed by atoms with E-state index in [-0.39, 0.29) is 0 Å². The maximum Gasteiger partial charge on any atom is 0.150 e. The van der Waals surface area contributed by atoms with Crippen LogP contribution in [0.25, 0.3) is 0 Å². The van der Waals surface area contributed by atoms with Crippen LogP contribution in [0.15, 0.2) is 0 Å². The molecule has 0 aromatic heterocycles. The highest BCUT2D eigenvalue weighted by molar-refractivity contribution is 7.91. The van der Waals surface area contributed by atoms with E-state index in [1.165, 1.54) is 19.3 Å². The van der Waals surface area contributed by atoms with Gasteiger partial charge in [0.25, 0.3) is 0 Å². The van der Waals surface area contributed by atoms with Gasteiger partial charge in [-0.1, -0.05) is 34.6 Å². The Balaban J connectivity index is 2.62. The van der Waals surface area contributed by atoms with E-state index in [1.54, 1.807) is 0 Å². The maximum absolute atomic E-state index is 12.0. The second-order valence-electron chi connectivity index (χ2n) is 7.93. The molecule has 0 amide bonds. The Morgan fingerprint density at radius 1 is 1.19 bits per heavy atom. The van der Waals surface area contributed by atoms with Gasteiger partial charge in [0.2, 0.25) is 0 Å². The van der Waals surface area contributed by atoms with Gasteiger partial charge in [-0.15, -0.1) is 0 Å². The molecular formula is C17H35NO2S. The lowest BCUT2D eigenvalue weighted by molar-refractivity contribution is 0.112. The van der Waals surface area contributed by atoms with Crippen LogP contribution in [0.1, 0.15) is 66.7 Å². The lowest BCUT2D eigenvalue weighted by Gasteiger charge is -2.41. The smallest absolute Gasteiger partial charge is 0.150 e. The average molecular weight is 318 g/mol. The molecule has 0 radical (unpaired) electrons. The lowest BCUT2D eigenvalue weighted by atomic mass is 9.66. The summed E-state index contributed by atoms with van der Waals surface area (Å²) in [6.07, 6.45) is 5.23. The van der Waals surface area contributed by atoms with Crippen molar-refractivity contribution in [1.29, 1.82) is 0 Å². The quantitative estimate of drug-likeness (QED) is 0.743. The van der Waals surface area contributed by atoms with Gasteiger partial charge in [-0.3, -0.25) is 0 Å². The number of hydrogen-bond donors (Lipinski definition) is 1. The molecule has 1 rings (SSSR count). The fourth-order valence-corrected chi connectivity index (χ4v) is 5.02. The molecule has 3 nitrogen and oxygen atoms in total. The minimum atomic E-state index is -2.84. The van der Waals surface area contributed by atoms with E-state index in [4.69, 9.17) is 0 Å². The third kappa shape index (κ3) is 7.14. The Morgan fingerprint density at radius 2 is 1.86 bits per heavy atom. The first-order chi connectivity index (χ1) is 9.65. The Labute approximate surface area is 132 Å². The average Bonchev–Trinajstić information content (AvgIpc) is 2.34. The van der Waals surface area contributed by atoms with E-state index in [0.29, 0.717) is 34.8 Å². The summed E-state index contributed by atoms with van der Waals surface area (Å²) in [7, 11) is -2.84. The van der Waals surface area contributed by atoms with Gasteiger partial charge < -0.3 is 5.32 Å². The largest absolute Gasteiger partial charge is 0.314 e. The molecule has 4 heteroatoms. The van der Waals surface area contributed by atoms with Crippen LogP contribution in [0.5, 0.6) is 0 Å². The summed E-state index contributed by atoms with van der Waals surface area (Å²) in [5.41, 5.74) is 0.369. The fourth-order valence-electron chi connectivity index (χ4n) is 3.53. The van der Waals surface area contributed by atoms with Crippen molar-refractivity contribution in [3.63, 3.8) is 0 Å². The van der Waals surface area contributed by atoms with Crippen LogP contribution in [0.3, 0.4) is 0 Å². The summed E-state index contributed by atoms with van der Waals surface area (Å²) in [6.45, 7) is 12.0. The lowest BCUT2D eigenvalue weighted by Crippen LogP contribution is -2.38. The van der Waals surface area contributed by atoms with Crippen molar-refractivity contribution in [3.8, 4) is 0 Å². The van der Waals surface area contributed by atoms with Gasteiger partial charge in [0.15, 0.2) is 0 Å². The predicted molar refractivity (Wildman–Crippen MR) is 91.3 cm³/mol. The van der Waals surface area contributed by atoms with Crippen molar-refractivity contribution in [3.05, 3.63) is 0 Å². The third-order valence-electron chi connectivity index (χ3n) is 4.78. The highest BCUT2D eigenvalue weighted by Crippen LogP contribution is 2.43. The highest BCUT2D eigenvalue weighted by Gasteiger charge is 2.35. The molecule has 1 N–H and O–H groups in total. The molecule has 0 spiro atoms. The van der Waals surface area contributed by atoms with E-state index in [2.05, 4.69) is 33.0 Å². The first-order valence-electron chi connectivity index (χ1n) is 8.59. The molecule has 0 heterocycles. The first kappa shape index (κ1) is 19.0. The third-order valence-corrected chi connectivity index (χ3v) is 6.66. The number of sulfone groups is 1. The van der Waals surface area contributed by atoms with Crippen LogP contribution in [0, 0.1) is 17.3 Å². The van der Waals surface area contributed by atoms with Crippen LogP contribution in [-0.4, -0.2) is 32.5 Å². The Kier molecular flexibility index (Phi) is 7.18. The molecule has 0 aliphatic heterocycles. The molecule has 2 unspecified atom stereocenters. The van der Waals surface area contributed by atoms with Crippen LogP contribution >= 0.6 is 0 Å². The van der Waals surface area contributed by atoms with Crippen LogP contribution in [-0.2, 0) is 9.84 Å². The molecular weight excluding hydrogens is 282 g/mol. The van der Waals surface area contributed by atoms with Gasteiger partial charge in [-0.25, -0.2) is 8.42 Å². The zero-order valence-corrected chi connectivity index (χ0v) is 15.4. The van der Waals surface area contributed by atoms with Crippen LogP contribution in [0.2, 0.25) is 0 Å². The molecule has 1 aliphatic carbocycles. The van der Waals surface area contributed by atoms with E-state index in [0.717, 1.165) is 19.4 Å². The summed E-state index contributed by atoms with van der Waals surface area (Å²) in [5.74, 6) is 1.90. The topological polar surface area (TPSA) is 46.2 Å². The van der Waals surface area contributed by atoms with Crippen molar-refractivity contribution in [2.75, 3.05) is 18.1 Å². The summed E-state index contributed by atoms with van der Waals surface area (Å²) in [4.78, 5) is 0. The number of rotatable bonds is 8. The van der Waals surface area contributed by atoms with Crippen molar-refractivity contribution in [1.82, 2.24) is 5.32 Å². The van der Waals surface area contributed by atoms with Gasteiger partial charge in [-0.05, 0) is 55.9 Å². The molecule has 1 saturated carbocycles. The molecule has 0 aromatic carbocycles. The van der Waals surface area contributed by atoms with Gasteiger partial charge in [0, 0.05) is 11.8 Å². The highest BCUT2D eigenvalue weighted by atomic mass is 32.2. The SMILES string of the molecule is CCCS(=O)(=O)CCC1CC(C)(C)CCC1CNC(C)C. The Bertz CT molecular complexity index is 399.